The standard InChI is InChI=1S/C18H22N4O3S/c1-21-10-12-22(13-11-21)19-18(23)15-6-5-7-16(14-15)20-26(24,25)17-8-3-2-4-9-17/h2-9,14,20H,10-13H2,1H3,(H,19,23). The maximum Gasteiger partial charge on any atom is 0.265 e. The third-order valence-electron chi connectivity index (χ3n) is 4.19. The Bertz CT molecular complexity index is 863. The molecule has 0 radical (unpaired) electrons. The summed E-state index contributed by atoms with van der Waals surface area (Å²) in [7, 11) is -1.64. The SMILES string of the molecule is CN1CCN(NC(=O)c2cccc(NS(=O)(=O)c3ccccc3)c2)CC1. The molecule has 0 unspecified atom stereocenters. The van der Waals surface area contributed by atoms with Crippen molar-refractivity contribution in [1.29, 1.82) is 0 Å². The van der Waals surface area contributed by atoms with E-state index in [-0.39, 0.29) is 10.8 Å². The van der Waals surface area contributed by atoms with Gasteiger partial charge < -0.3 is 4.90 Å². The van der Waals surface area contributed by atoms with Crippen molar-refractivity contribution in [3.63, 3.8) is 0 Å². The molecule has 0 bridgehead atoms. The van der Waals surface area contributed by atoms with E-state index < -0.39 is 10.0 Å². The van der Waals surface area contributed by atoms with Crippen LogP contribution >= 0.6 is 0 Å². The number of carbonyl (C=O) groups excluding carboxylic acids is 1. The predicted octanol–water partition coefficient (Wildman–Crippen LogP) is 1.38. The van der Waals surface area contributed by atoms with Gasteiger partial charge in [0.05, 0.1) is 4.90 Å². The molecule has 0 spiro atoms. The number of anilines is 1. The van der Waals surface area contributed by atoms with Gasteiger partial charge in [-0.05, 0) is 37.4 Å². The fourth-order valence-electron chi connectivity index (χ4n) is 2.66. The lowest BCUT2D eigenvalue weighted by Crippen LogP contribution is -2.52. The molecule has 3 rings (SSSR count). The van der Waals surface area contributed by atoms with Crippen molar-refractivity contribution in [1.82, 2.24) is 15.3 Å². The summed E-state index contributed by atoms with van der Waals surface area (Å²) in [6.07, 6.45) is 0. The number of nitrogens with one attached hydrogen (secondary N) is 2. The van der Waals surface area contributed by atoms with E-state index in [0.29, 0.717) is 11.3 Å². The number of nitrogens with zero attached hydrogens (tertiary/aromatic N) is 2. The number of piperazine rings is 1. The molecule has 0 atom stereocenters. The van der Waals surface area contributed by atoms with Gasteiger partial charge in [0, 0.05) is 37.4 Å². The second-order valence-electron chi connectivity index (χ2n) is 6.23. The monoisotopic (exact) mass is 374 g/mol. The van der Waals surface area contributed by atoms with Crippen molar-refractivity contribution in [3.8, 4) is 0 Å². The van der Waals surface area contributed by atoms with E-state index in [4.69, 9.17) is 0 Å². The molecule has 0 aliphatic carbocycles. The Kier molecular flexibility index (Phi) is 5.55. The van der Waals surface area contributed by atoms with Crippen molar-refractivity contribution in [2.24, 2.45) is 0 Å². The van der Waals surface area contributed by atoms with Crippen LogP contribution in [0.3, 0.4) is 0 Å². The van der Waals surface area contributed by atoms with Gasteiger partial charge in [0.1, 0.15) is 0 Å². The molecule has 7 nitrogen and oxygen atoms in total. The van der Waals surface area contributed by atoms with Crippen molar-refractivity contribution in [3.05, 3.63) is 60.2 Å². The van der Waals surface area contributed by atoms with Crippen LogP contribution in [0.5, 0.6) is 0 Å². The smallest absolute Gasteiger partial charge is 0.265 e. The average Bonchev–Trinajstić information content (AvgIpc) is 2.64. The molecule has 1 fully saturated rings. The number of hydrogen-bond donors (Lipinski definition) is 2. The number of amides is 1. The maximum absolute atomic E-state index is 12.4. The summed E-state index contributed by atoms with van der Waals surface area (Å²) in [4.78, 5) is 14.8. The number of likely N-dealkylation sites (N-methyl/N-ethyl adjacent to an activating group) is 1. The molecule has 138 valence electrons. The van der Waals surface area contributed by atoms with Gasteiger partial charge in [0.25, 0.3) is 15.9 Å². The lowest BCUT2D eigenvalue weighted by atomic mass is 10.2. The van der Waals surface area contributed by atoms with E-state index in [2.05, 4.69) is 15.0 Å². The van der Waals surface area contributed by atoms with Gasteiger partial charge in [-0.15, -0.1) is 0 Å². The fourth-order valence-corrected chi connectivity index (χ4v) is 3.73. The van der Waals surface area contributed by atoms with Crippen LogP contribution in [0, 0.1) is 0 Å². The number of rotatable bonds is 5. The van der Waals surface area contributed by atoms with Crippen LogP contribution in [0.15, 0.2) is 59.5 Å². The van der Waals surface area contributed by atoms with E-state index in [9.17, 15) is 13.2 Å². The van der Waals surface area contributed by atoms with Crippen molar-refractivity contribution >= 4 is 21.6 Å². The summed E-state index contributed by atoms with van der Waals surface area (Å²) in [6, 6.07) is 14.6. The minimum atomic E-state index is -3.69. The molecule has 1 amide bonds. The summed E-state index contributed by atoms with van der Waals surface area (Å²) in [5, 5.41) is 1.88. The first-order valence-electron chi connectivity index (χ1n) is 8.36. The molecule has 0 aromatic heterocycles. The van der Waals surface area contributed by atoms with E-state index in [1.165, 1.54) is 18.2 Å². The zero-order valence-electron chi connectivity index (χ0n) is 14.6. The third kappa shape index (κ3) is 4.60. The number of hydrazine groups is 1. The van der Waals surface area contributed by atoms with Gasteiger partial charge in [-0.1, -0.05) is 24.3 Å². The predicted molar refractivity (Wildman–Crippen MR) is 100 cm³/mol. The largest absolute Gasteiger partial charge is 0.304 e. The minimum Gasteiger partial charge on any atom is -0.304 e. The zero-order valence-corrected chi connectivity index (χ0v) is 15.4. The summed E-state index contributed by atoms with van der Waals surface area (Å²) in [5.41, 5.74) is 3.62. The van der Waals surface area contributed by atoms with E-state index >= 15 is 0 Å². The molecule has 1 aliphatic rings. The van der Waals surface area contributed by atoms with E-state index in [1.54, 1.807) is 36.4 Å². The van der Waals surface area contributed by atoms with Crippen LogP contribution in [0.1, 0.15) is 10.4 Å². The Morgan fingerprint density at radius 1 is 0.962 bits per heavy atom. The molecule has 1 saturated heterocycles. The normalized spacial score (nSPS) is 16.2. The second kappa shape index (κ2) is 7.86. The highest BCUT2D eigenvalue weighted by molar-refractivity contribution is 7.92. The van der Waals surface area contributed by atoms with Crippen LogP contribution in [0.2, 0.25) is 0 Å². The summed E-state index contributed by atoms with van der Waals surface area (Å²) < 4.78 is 27.3. The van der Waals surface area contributed by atoms with Gasteiger partial charge >= 0.3 is 0 Å². The quantitative estimate of drug-likeness (QED) is 0.826. The Morgan fingerprint density at radius 2 is 1.65 bits per heavy atom. The first-order valence-corrected chi connectivity index (χ1v) is 9.85. The van der Waals surface area contributed by atoms with Crippen molar-refractivity contribution in [2.75, 3.05) is 37.9 Å². The van der Waals surface area contributed by atoms with Gasteiger partial charge in [-0.2, -0.15) is 0 Å². The molecular formula is C18H22N4O3S. The summed E-state index contributed by atoms with van der Waals surface area (Å²) >= 11 is 0. The molecule has 8 heteroatoms. The molecule has 2 aromatic carbocycles. The lowest BCUT2D eigenvalue weighted by Gasteiger charge is -2.32. The lowest BCUT2D eigenvalue weighted by molar-refractivity contribution is 0.0662. The fraction of sp³-hybridized carbons (Fsp3) is 0.278. The van der Waals surface area contributed by atoms with Gasteiger partial charge in [-0.25, -0.2) is 13.4 Å². The minimum absolute atomic E-state index is 0.173. The summed E-state index contributed by atoms with van der Waals surface area (Å²) in [6.45, 7) is 3.28. The molecule has 1 aliphatic heterocycles. The highest BCUT2D eigenvalue weighted by atomic mass is 32.2. The van der Waals surface area contributed by atoms with Crippen molar-refractivity contribution < 1.29 is 13.2 Å². The molecule has 26 heavy (non-hydrogen) atoms. The Labute approximate surface area is 153 Å². The van der Waals surface area contributed by atoms with E-state index in [0.717, 1.165) is 26.2 Å². The Balaban J connectivity index is 1.69. The number of carbonyl (C=O) groups is 1. The van der Waals surface area contributed by atoms with Gasteiger partial charge in [0.2, 0.25) is 0 Å². The van der Waals surface area contributed by atoms with Crippen LogP contribution < -0.4 is 10.1 Å². The van der Waals surface area contributed by atoms with Crippen LogP contribution in [0.4, 0.5) is 5.69 Å². The van der Waals surface area contributed by atoms with Crippen molar-refractivity contribution in [2.45, 2.75) is 4.90 Å². The highest BCUT2D eigenvalue weighted by Gasteiger charge is 2.18. The Morgan fingerprint density at radius 3 is 2.35 bits per heavy atom. The van der Waals surface area contributed by atoms with Crippen LogP contribution in [0.25, 0.3) is 0 Å². The summed E-state index contributed by atoms with van der Waals surface area (Å²) in [5.74, 6) is -0.254. The molecular weight excluding hydrogens is 352 g/mol. The first kappa shape index (κ1) is 18.4. The Hall–Kier alpha value is -2.42. The number of benzene rings is 2. The van der Waals surface area contributed by atoms with Gasteiger partial charge in [0.15, 0.2) is 0 Å². The topological polar surface area (TPSA) is 81.8 Å². The van der Waals surface area contributed by atoms with Crippen LogP contribution in [-0.4, -0.2) is 57.5 Å². The molecule has 0 saturated carbocycles. The zero-order chi connectivity index (χ0) is 18.6. The third-order valence-corrected chi connectivity index (χ3v) is 5.59. The molecule has 1 heterocycles. The highest BCUT2D eigenvalue weighted by Crippen LogP contribution is 2.17. The van der Waals surface area contributed by atoms with E-state index in [1.807, 2.05) is 12.1 Å². The average molecular weight is 374 g/mol. The number of sulfonamides is 1. The molecule has 2 N–H and O–H groups in total. The number of hydrogen-bond acceptors (Lipinski definition) is 5. The van der Waals surface area contributed by atoms with Crippen LogP contribution in [-0.2, 0) is 10.0 Å². The second-order valence-corrected chi connectivity index (χ2v) is 7.91. The molecule has 2 aromatic rings. The maximum atomic E-state index is 12.4. The first-order chi connectivity index (χ1) is 12.4. The van der Waals surface area contributed by atoms with Gasteiger partial charge in [-0.3, -0.25) is 14.9 Å².